The van der Waals surface area contributed by atoms with Crippen molar-refractivity contribution in [2.45, 2.75) is 0 Å². The molecule has 2 nitrogen and oxygen atoms in total. The number of aromatic nitrogens is 2. The van der Waals surface area contributed by atoms with Crippen LogP contribution in [0.25, 0.3) is 71.9 Å². The monoisotopic (exact) mass is 540 g/mol. The molecule has 0 unspecified atom stereocenters. The highest BCUT2D eigenvalue weighted by Crippen LogP contribution is 2.44. The van der Waals surface area contributed by atoms with Crippen LogP contribution >= 0.6 is 0 Å². The first-order chi connectivity index (χ1) is 27.8. The van der Waals surface area contributed by atoms with Crippen LogP contribution in [-0.4, -0.2) is 9.55 Å². The van der Waals surface area contributed by atoms with Crippen molar-refractivity contribution in [3.63, 3.8) is 0 Å². The molecule has 0 bridgehead atoms. The van der Waals surface area contributed by atoms with E-state index in [0.717, 1.165) is 0 Å². The highest BCUT2D eigenvalue weighted by Gasteiger charge is 2.18. The molecule has 2 heteroatoms. The van der Waals surface area contributed by atoms with Gasteiger partial charge in [-0.2, -0.15) is 0 Å². The first kappa shape index (κ1) is 11.6. The number of imidazole rings is 1. The lowest BCUT2D eigenvalue weighted by Crippen LogP contribution is -1.97. The van der Waals surface area contributed by atoms with Gasteiger partial charge in [0.25, 0.3) is 0 Å². The Morgan fingerprint density at radius 3 is 1.68 bits per heavy atom. The number of rotatable bonds is 4. The molecule has 7 aromatic carbocycles. The largest absolute Gasteiger partial charge is 0.292 e. The summed E-state index contributed by atoms with van der Waals surface area (Å²) in [6, 6.07) is 0.706. The quantitative estimate of drug-likeness (QED) is 0.203. The number of hydrogen-bond acceptors (Lipinski definition) is 1. The maximum Gasteiger partial charge on any atom is 0.145 e. The zero-order chi connectivity index (χ0) is 42.8. The summed E-state index contributed by atoms with van der Waals surface area (Å²) in [5.74, 6) is 0.0970. The van der Waals surface area contributed by atoms with Crippen molar-refractivity contribution < 1.29 is 24.7 Å². The lowest BCUT2D eigenvalue weighted by atomic mass is 9.86. The molecule has 0 atom stereocenters. The van der Waals surface area contributed by atoms with Crippen molar-refractivity contribution in [3.05, 3.63) is 157 Å². The standard InChI is InChI=1S/C39H26N2/c1-3-14-27(15-4-1)37-31-20-7-9-22-33(31)38(34-23-10-8-21-32(34)37)28-16-13-17-29(26-28)39-40-35-24-11-12-25-36(35)41(39)30-18-5-2-6-19-30/h1-26H/i1D,2D,3D,4D,5D,6D,7D,8D,9D,10D,14D,15D,18D,19D,20D,21D,22D,23D. The maximum absolute atomic E-state index is 9.25. The van der Waals surface area contributed by atoms with Gasteiger partial charge in [0.1, 0.15) is 5.82 Å². The topological polar surface area (TPSA) is 17.8 Å². The minimum absolute atomic E-state index is 0.0970. The van der Waals surface area contributed by atoms with Crippen molar-refractivity contribution >= 4 is 32.6 Å². The van der Waals surface area contributed by atoms with Gasteiger partial charge < -0.3 is 0 Å². The van der Waals surface area contributed by atoms with Crippen molar-refractivity contribution in [3.8, 4) is 39.3 Å². The van der Waals surface area contributed by atoms with E-state index in [0.29, 0.717) is 11.0 Å². The second-order valence-corrected chi connectivity index (χ2v) is 9.06. The highest BCUT2D eigenvalue weighted by atomic mass is 15.1. The molecule has 0 N–H and O–H groups in total. The number of hydrogen-bond donors (Lipinski definition) is 0. The van der Waals surface area contributed by atoms with Crippen LogP contribution < -0.4 is 0 Å². The summed E-state index contributed by atoms with van der Waals surface area (Å²) in [6.07, 6.45) is 0. The Balaban J connectivity index is 1.59. The Labute approximate surface area is 264 Å². The van der Waals surface area contributed by atoms with E-state index in [1.54, 1.807) is 36.4 Å². The summed E-state index contributed by atoms with van der Waals surface area (Å²) in [7, 11) is 0. The Hall–Kier alpha value is -5.47. The smallest absolute Gasteiger partial charge is 0.145 e. The normalized spacial score (nSPS) is 17.6. The van der Waals surface area contributed by atoms with Crippen molar-refractivity contribution in [1.29, 1.82) is 0 Å². The summed E-state index contributed by atoms with van der Waals surface area (Å²) in [4.78, 5) is 4.79. The van der Waals surface area contributed by atoms with Gasteiger partial charge in [-0.3, -0.25) is 4.57 Å². The average Bonchev–Trinajstić information content (AvgIpc) is 3.62. The third kappa shape index (κ3) is 3.84. The molecule has 41 heavy (non-hydrogen) atoms. The Morgan fingerprint density at radius 2 is 1.02 bits per heavy atom. The van der Waals surface area contributed by atoms with Crippen LogP contribution in [0.15, 0.2) is 157 Å². The van der Waals surface area contributed by atoms with Crippen LogP contribution in [-0.2, 0) is 0 Å². The third-order valence-corrected chi connectivity index (χ3v) is 6.81. The summed E-state index contributed by atoms with van der Waals surface area (Å²) < 4.78 is 158. The summed E-state index contributed by atoms with van der Waals surface area (Å²) in [5, 5.41) is -1.27. The Bertz CT molecular complexity index is 3070. The first-order valence-electron chi connectivity index (χ1n) is 21.5. The van der Waals surface area contributed by atoms with Gasteiger partial charge in [-0.05, 0) is 74.1 Å². The minimum Gasteiger partial charge on any atom is -0.292 e. The van der Waals surface area contributed by atoms with Crippen molar-refractivity contribution in [2.24, 2.45) is 0 Å². The summed E-state index contributed by atoms with van der Waals surface area (Å²) in [6.45, 7) is 0. The van der Waals surface area contributed by atoms with Crippen molar-refractivity contribution in [2.75, 3.05) is 0 Å². The molecular formula is C39H26N2. The number of para-hydroxylation sites is 3. The number of benzene rings is 7. The van der Waals surface area contributed by atoms with Crippen molar-refractivity contribution in [1.82, 2.24) is 9.55 Å². The Morgan fingerprint density at radius 1 is 0.488 bits per heavy atom. The van der Waals surface area contributed by atoms with Crippen LogP contribution in [0.4, 0.5) is 0 Å². The van der Waals surface area contributed by atoms with Crippen LogP contribution in [0.3, 0.4) is 0 Å². The molecular weight excluding hydrogens is 496 g/mol. The number of nitrogens with zero attached hydrogens (tertiary/aromatic N) is 2. The first-order valence-corrected chi connectivity index (χ1v) is 12.5. The maximum atomic E-state index is 9.25. The van der Waals surface area contributed by atoms with E-state index in [9.17, 15) is 5.48 Å². The second-order valence-electron chi connectivity index (χ2n) is 9.06. The minimum atomic E-state index is -0.775. The molecule has 0 aliphatic heterocycles. The van der Waals surface area contributed by atoms with E-state index < -0.39 is 120 Å². The van der Waals surface area contributed by atoms with Gasteiger partial charge in [-0.15, -0.1) is 0 Å². The molecule has 8 rings (SSSR count). The molecule has 1 aromatic heterocycles. The molecule has 1 heterocycles. The van der Waals surface area contributed by atoms with Crippen LogP contribution in [0.2, 0.25) is 0 Å². The van der Waals surface area contributed by atoms with Gasteiger partial charge in [-0.25, -0.2) is 4.98 Å². The molecule has 0 saturated carbocycles. The highest BCUT2D eigenvalue weighted by molar-refractivity contribution is 6.21. The third-order valence-electron chi connectivity index (χ3n) is 6.81. The predicted octanol–water partition coefficient (Wildman–Crippen LogP) is 10.3. The van der Waals surface area contributed by atoms with E-state index >= 15 is 0 Å². The van der Waals surface area contributed by atoms with Gasteiger partial charge in [0, 0.05) is 11.3 Å². The average molecular weight is 541 g/mol. The fraction of sp³-hybridized carbons (Fsp3) is 0. The lowest BCUT2D eigenvalue weighted by Gasteiger charge is -2.18. The molecule has 192 valence electrons. The zero-order valence-corrected chi connectivity index (χ0v) is 21.0. The van der Waals surface area contributed by atoms with Gasteiger partial charge in [0.05, 0.1) is 35.7 Å². The molecule has 0 aliphatic carbocycles. The number of fused-ring (bicyclic) bond motifs is 3. The molecule has 0 radical (unpaired) electrons. The van der Waals surface area contributed by atoms with Crippen LogP contribution in [0.5, 0.6) is 0 Å². The summed E-state index contributed by atoms with van der Waals surface area (Å²) in [5.41, 5.74) is -0.0643. The van der Waals surface area contributed by atoms with Crippen LogP contribution in [0.1, 0.15) is 24.7 Å². The molecule has 0 saturated heterocycles. The summed E-state index contributed by atoms with van der Waals surface area (Å²) >= 11 is 0. The molecule has 0 spiro atoms. The lowest BCUT2D eigenvalue weighted by molar-refractivity contribution is 1.10. The Kier molecular flexibility index (Phi) is 2.71. The van der Waals surface area contributed by atoms with E-state index in [1.165, 1.54) is 16.7 Å². The van der Waals surface area contributed by atoms with E-state index in [1.807, 2.05) is 0 Å². The second kappa shape index (κ2) is 9.62. The van der Waals surface area contributed by atoms with Gasteiger partial charge in [0.15, 0.2) is 0 Å². The molecule has 8 aromatic rings. The van der Waals surface area contributed by atoms with Gasteiger partial charge in [-0.1, -0.05) is 127 Å². The molecule has 0 aliphatic rings. The predicted molar refractivity (Wildman–Crippen MR) is 172 cm³/mol. The zero-order valence-electron chi connectivity index (χ0n) is 39.0. The van der Waals surface area contributed by atoms with Gasteiger partial charge in [0.2, 0.25) is 0 Å². The van der Waals surface area contributed by atoms with E-state index in [2.05, 4.69) is 0 Å². The SMILES string of the molecule is [2H]c1c([2H])c([2H])c(-c2c3c([2H])c([2H])c([2H])c([2H])c3c(-c3cccc(-c4nc5ccccc5n4-c4c([2H])c([2H])c([2H])c([2H])c4[2H])c3)c3c([2H])c([2H])c([2H])c([2H])c23)c([2H])c1[2H]. The molecule has 0 fully saturated rings. The van der Waals surface area contributed by atoms with Crippen LogP contribution in [0, 0.1) is 0 Å². The fourth-order valence-electron chi connectivity index (χ4n) is 5.15. The fourth-order valence-corrected chi connectivity index (χ4v) is 5.15. The van der Waals surface area contributed by atoms with E-state index in [-0.39, 0.29) is 49.7 Å². The molecule has 0 amide bonds. The van der Waals surface area contributed by atoms with Gasteiger partial charge >= 0.3 is 0 Å². The van der Waals surface area contributed by atoms with E-state index in [4.69, 9.17) is 24.2 Å².